The first-order valence-electron chi connectivity index (χ1n) is 6.70. The van der Waals surface area contributed by atoms with Gasteiger partial charge < -0.3 is 4.42 Å². The number of aromatic nitrogens is 1. The average molecular weight is 318 g/mol. The average Bonchev–Trinajstić information content (AvgIpc) is 3.10. The van der Waals surface area contributed by atoms with E-state index in [9.17, 15) is 9.59 Å². The van der Waals surface area contributed by atoms with E-state index in [1.807, 2.05) is 24.4 Å². The van der Waals surface area contributed by atoms with Crippen molar-refractivity contribution in [3.8, 4) is 11.5 Å². The zero-order chi connectivity index (χ0) is 15.7. The predicted octanol–water partition coefficient (Wildman–Crippen LogP) is 2.26. The molecule has 8 heteroatoms. The first-order valence-corrected chi connectivity index (χ1v) is 7.58. The van der Waals surface area contributed by atoms with Crippen molar-refractivity contribution in [2.45, 2.75) is 19.8 Å². The Kier molecular flexibility index (Phi) is 3.76. The lowest BCUT2D eigenvalue weighted by molar-refractivity contribution is -0.130. The molecule has 22 heavy (non-hydrogen) atoms. The number of nitrogens with one attached hydrogen (secondary N) is 1. The molecule has 1 N–H and O–H groups in total. The minimum Gasteiger partial charge on any atom is -0.460 e. The summed E-state index contributed by atoms with van der Waals surface area (Å²) < 4.78 is 5.49. The van der Waals surface area contributed by atoms with Crippen molar-refractivity contribution in [1.29, 1.82) is 0 Å². The first kappa shape index (κ1) is 14.5. The Morgan fingerprint density at radius 1 is 1.41 bits per heavy atom. The summed E-state index contributed by atoms with van der Waals surface area (Å²) in [5.41, 5.74) is 0.999. The summed E-state index contributed by atoms with van der Waals surface area (Å²) in [6, 6.07) is 3.69. The lowest BCUT2D eigenvalue weighted by Crippen LogP contribution is -2.34. The van der Waals surface area contributed by atoms with Gasteiger partial charge in [-0.1, -0.05) is 0 Å². The topological polar surface area (TPSA) is 87.8 Å². The minimum atomic E-state index is -0.337. The lowest BCUT2D eigenvalue weighted by atomic mass is 10.1. The summed E-state index contributed by atoms with van der Waals surface area (Å²) >= 11 is 1.31. The molecule has 0 saturated carbocycles. The van der Waals surface area contributed by atoms with Crippen molar-refractivity contribution < 1.29 is 14.0 Å². The largest absolute Gasteiger partial charge is 0.460 e. The molecule has 3 rings (SSSR count). The summed E-state index contributed by atoms with van der Waals surface area (Å²) in [5, 5.41) is 10.1. The number of amides is 2. The monoisotopic (exact) mass is 318 g/mol. The maximum absolute atomic E-state index is 12.1. The van der Waals surface area contributed by atoms with Gasteiger partial charge >= 0.3 is 0 Å². The van der Waals surface area contributed by atoms with E-state index in [4.69, 9.17) is 4.42 Å². The Bertz CT molecular complexity index is 762. The second-order valence-corrected chi connectivity index (χ2v) is 5.72. The summed E-state index contributed by atoms with van der Waals surface area (Å²) in [4.78, 5) is 27.8. The molecule has 0 unspecified atom stereocenters. The molecule has 1 aliphatic heterocycles. The number of thiazole rings is 1. The third kappa shape index (κ3) is 2.91. The number of furan rings is 1. The number of aryl methyl sites for hydroxylation is 1. The molecule has 0 spiro atoms. The van der Waals surface area contributed by atoms with Crippen LogP contribution in [-0.2, 0) is 9.59 Å². The predicted molar refractivity (Wildman–Crippen MR) is 82.6 cm³/mol. The second-order valence-electron chi connectivity index (χ2n) is 4.87. The highest BCUT2D eigenvalue weighted by Gasteiger charge is 2.22. The number of rotatable bonds is 3. The minimum absolute atomic E-state index is 0.0960. The summed E-state index contributed by atoms with van der Waals surface area (Å²) in [6.45, 7) is 1.86. The van der Waals surface area contributed by atoms with Crippen LogP contribution in [0.2, 0.25) is 0 Å². The van der Waals surface area contributed by atoms with Crippen LogP contribution in [0.3, 0.4) is 0 Å². The van der Waals surface area contributed by atoms with Gasteiger partial charge in [-0.05, 0) is 19.1 Å². The molecule has 0 aliphatic carbocycles. The van der Waals surface area contributed by atoms with Crippen molar-refractivity contribution in [3.05, 3.63) is 23.3 Å². The number of carbonyl (C=O) groups is 2. The molecule has 2 amide bonds. The van der Waals surface area contributed by atoms with Crippen molar-refractivity contribution in [2.75, 3.05) is 12.4 Å². The molecule has 114 valence electrons. The van der Waals surface area contributed by atoms with E-state index in [2.05, 4.69) is 15.4 Å². The fourth-order valence-electron chi connectivity index (χ4n) is 2.02. The van der Waals surface area contributed by atoms with Crippen LogP contribution in [0.25, 0.3) is 11.5 Å². The highest BCUT2D eigenvalue weighted by atomic mass is 32.1. The van der Waals surface area contributed by atoms with Crippen LogP contribution in [0.4, 0.5) is 5.13 Å². The summed E-state index contributed by atoms with van der Waals surface area (Å²) in [7, 11) is 1.54. The molecule has 1 aliphatic rings. The lowest BCUT2D eigenvalue weighted by Gasteiger charge is -2.18. The smallest absolute Gasteiger partial charge is 0.273 e. The molecule has 0 atom stereocenters. The molecule has 3 heterocycles. The maximum atomic E-state index is 12.1. The van der Waals surface area contributed by atoms with Crippen molar-refractivity contribution in [2.24, 2.45) is 5.10 Å². The molecular weight excluding hydrogens is 304 g/mol. The molecule has 7 nitrogen and oxygen atoms in total. The van der Waals surface area contributed by atoms with Gasteiger partial charge in [-0.2, -0.15) is 5.10 Å². The Balaban J connectivity index is 1.71. The Morgan fingerprint density at radius 3 is 2.91 bits per heavy atom. The molecule has 0 radical (unpaired) electrons. The van der Waals surface area contributed by atoms with Gasteiger partial charge in [-0.15, -0.1) is 11.3 Å². The molecule has 0 fully saturated rings. The van der Waals surface area contributed by atoms with Gasteiger partial charge in [-0.3, -0.25) is 14.9 Å². The summed E-state index contributed by atoms with van der Waals surface area (Å²) in [6.07, 6.45) is 0.627. The molecule has 2 aromatic rings. The highest BCUT2D eigenvalue weighted by molar-refractivity contribution is 7.14. The van der Waals surface area contributed by atoms with Crippen LogP contribution in [0.15, 0.2) is 27.0 Å². The van der Waals surface area contributed by atoms with Crippen molar-refractivity contribution in [1.82, 2.24) is 9.99 Å². The molecule has 0 saturated heterocycles. The molecule has 0 bridgehead atoms. The standard InChI is InChI=1S/C14H14N4O3S/c1-8-3-5-11(21-8)10-7-22-14(15-10)16-13(20)9-4-6-12(19)18(2)17-9/h3,5,7H,4,6H2,1-2H3,(H,15,16,20). The van der Waals surface area contributed by atoms with Gasteiger partial charge in [0.05, 0.1) is 0 Å². The van der Waals surface area contributed by atoms with Gasteiger partial charge in [-0.25, -0.2) is 9.99 Å². The fourth-order valence-corrected chi connectivity index (χ4v) is 2.71. The zero-order valence-corrected chi connectivity index (χ0v) is 12.9. The van der Waals surface area contributed by atoms with Gasteiger partial charge in [0, 0.05) is 25.3 Å². The number of hydrogen-bond acceptors (Lipinski definition) is 6. The van der Waals surface area contributed by atoms with E-state index < -0.39 is 0 Å². The number of carbonyl (C=O) groups excluding carboxylic acids is 2. The maximum Gasteiger partial charge on any atom is 0.273 e. The number of hydrazone groups is 1. The second kappa shape index (κ2) is 5.72. The van der Waals surface area contributed by atoms with Gasteiger partial charge in [0.15, 0.2) is 10.9 Å². The van der Waals surface area contributed by atoms with E-state index >= 15 is 0 Å². The Labute approximate surface area is 130 Å². The van der Waals surface area contributed by atoms with Crippen molar-refractivity contribution in [3.63, 3.8) is 0 Å². The van der Waals surface area contributed by atoms with E-state index in [1.165, 1.54) is 23.4 Å². The van der Waals surface area contributed by atoms with Crippen LogP contribution < -0.4 is 5.32 Å². The normalized spacial score (nSPS) is 14.9. The first-order chi connectivity index (χ1) is 10.5. The molecule has 2 aromatic heterocycles. The van der Waals surface area contributed by atoms with Crippen LogP contribution in [0.5, 0.6) is 0 Å². The van der Waals surface area contributed by atoms with E-state index in [-0.39, 0.29) is 18.2 Å². The summed E-state index contributed by atoms with van der Waals surface area (Å²) in [5.74, 6) is 1.03. The van der Waals surface area contributed by atoms with Gasteiger partial charge in [0.2, 0.25) is 5.91 Å². The third-order valence-electron chi connectivity index (χ3n) is 3.19. The Morgan fingerprint density at radius 2 is 2.23 bits per heavy atom. The zero-order valence-electron chi connectivity index (χ0n) is 12.1. The van der Waals surface area contributed by atoms with Crippen LogP contribution >= 0.6 is 11.3 Å². The van der Waals surface area contributed by atoms with Gasteiger partial charge in [0.25, 0.3) is 5.91 Å². The third-order valence-corrected chi connectivity index (χ3v) is 3.94. The van der Waals surface area contributed by atoms with E-state index in [0.717, 1.165) is 5.76 Å². The molecule has 0 aromatic carbocycles. The van der Waals surface area contributed by atoms with Crippen LogP contribution in [-0.4, -0.2) is 34.6 Å². The van der Waals surface area contributed by atoms with E-state index in [0.29, 0.717) is 28.7 Å². The van der Waals surface area contributed by atoms with Crippen LogP contribution in [0, 0.1) is 6.92 Å². The number of anilines is 1. The van der Waals surface area contributed by atoms with E-state index in [1.54, 1.807) is 0 Å². The number of nitrogens with zero attached hydrogens (tertiary/aromatic N) is 3. The highest BCUT2D eigenvalue weighted by Crippen LogP contribution is 2.26. The van der Waals surface area contributed by atoms with Crippen molar-refractivity contribution >= 4 is 34.0 Å². The quantitative estimate of drug-likeness (QED) is 0.940. The van der Waals surface area contributed by atoms with Crippen LogP contribution in [0.1, 0.15) is 18.6 Å². The Hall–Kier alpha value is -2.48. The number of hydrogen-bond donors (Lipinski definition) is 1. The SMILES string of the molecule is Cc1ccc(-c2csc(NC(=O)C3=NN(C)C(=O)CC3)n2)o1. The van der Waals surface area contributed by atoms with Gasteiger partial charge in [0.1, 0.15) is 17.2 Å². The molecular formula is C14H14N4O3S. The fraction of sp³-hybridized carbons (Fsp3) is 0.286.